The molecule has 0 spiro atoms. The zero-order valence-electron chi connectivity index (χ0n) is 13.4. The molecule has 1 heterocycles. The van der Waals surface area contributed by atoms with E-state index in [1.165, 1.54) is 5.56 Å². The van der Waals surface area contributed by atoms with Gasteiger partial charge in [-0.2, -0.15) is 5.10 Å². The fraction of sp³-hybridized carbons (Fsp3) is 0.211. The van der Waals surface area contributed by atoms with Gasteiger partial charge in [0.1, 0.15) is 11.9 Å². The summed E-state index contributed by atoms with van der Waals surface area (Å²) in [4.78, 5) is 0. The summed E-state index contributed by atoms with van der Waals surface area (Å²) in [5.41, 5.74) is 10.6. The number of aromatic nitrogens is 2. The first kappa shape index (κ1) is 15.2. The molecule has 0 amide bonds. The van der Waals surface area contributed by atoms with E-state index < -0.39 is 0 Å². The Morgan fingerprint density at radius 1 is 1.13 bits per heavy atom. The molecule has 0 aliphatic rings. The molecule has 23 heavy (non-hydrogen) atoms. The summed E-state index contributed by atoms with van der Waals surface area (Å²) in [6.45, 7) is 4.14. The Kier molecular flexibility index (Phi) is 4.33. The molecule has 2 aromatic carbocycles. The van der Waals surface area contributed by atoms with Crippen molar-refractivity contribution in [1.29, 1.82) is 0 Å². The Bertz CT molecular complexity index is 777. The highest BCUT2D eigenvalue weighted by molar-refractivity contribution is 5.64. The number of ether oxygens (including phenoxy) is 1. The molecule has 3 aromatic rings. The van der Waals surface area contributed by atoms with Crippen molar-refractivity contribution in [3.05, 3.63) is 65.9 Å². The molecule has 0 bridgehead atoms. The first-order chi connectivity index (χ1) is 11.2. The topological polar surface area (TPSA) is 63.9 Å². The van der Waals surface area contributed by atoms with Gasteiger partial charge in [-0.3, -0.25) is 5.10 Å². The predicted octanol–water partition coefficient (Wildman–Crippen LogP) is 4.36. The van der Waals surface area contributed by atoms with Crippen molar-refractivity contribution in [2.45, 2.75) is 26.4 Å². The number of nitrogens with two attached hydrogens (primary N) is 1. The Hall–Kier alpha value is -2.75. The van der Waals surface area contributed by atoms with Gasteiger partial charge in [0.05, 0.1) is 11.4 Å². The molecule has 0 fully saturated rings. The van der Waals surface area contributed by atoms with E-state index in [1.54, 1.807) is 0 Å². The van der Waals surface area contributed by atoms with Crippen LogP contribution in [-0.4, -0.2) is 10.2 Å². The van der Waals surface area contributed by atoms with Crippen LogP contribution >= 0.6 is 0 Å². The standard InChI is InChI=1S/C19H21N3O/c1-3-14-7-9-17(10-8-14)23-13(2)18-12-19(22-21-18)15-5-4-6-16(20)11-15/h4-13H,3,20H2,1-2H3,(H,21,22). The third-order valence-corrected chi connectivity index (χ3v) is 3.86. The van der Waals surface area contributed by atoms with Crippen LogP contribution in [-0.2, 0) is 6.42 Å². The fourth-order valence-electron chi connectivity index (χ4n) is 2.46. The zero-order chi connectivity index (χ0) is 16.2. The van der Waals surface area contributed by atoms with Gasteiger partial charge in [-0.05, 0) is 49.2 Å². The molecule has 1 aromatic heterocycles. The van der Waals surface area contributed by atoms with Gasteiger partial charge in [0.15, 0.2) is 0 Å². The number of nitrogen functional groups attached to an aromatic ring is 1. The van der Waals surface area contributed by atoms with E-state index in [1.807, 2.05) is 49.4 Å². The highest BCUT2D eigenvalue weighted by Gasteiger charge is 2.12. The summed E-state index contributed by atoms with van der Waals surface area (Å²) >= 11 is 0. The Morgan fingerprint density at radius 3 is 2.61 bits per heavy atom. The lowest BCUT2D eigenvalue weighted by atomic mass is 10.1. The number of aryl methyl sites for hydroxylation is 1. The SMILES string of the molecule is CCc1ccc(OC(C)c2cc(-c3cccc(N)c3)n[nH]2)cc1. The number of benzene rings is 2. The number of nitrogens with zero attached hydrogens (tertiary/aromatic N) is 1. The van der Waals surface area contributed by atoms with E-state index >= 15 is 0 Å². The lowest BCUT2D eigenvalue weighted by Gasteiger charge is -2.13. The maximum absolute atomic E-state index is 5.98. The van der Waals surface area contributed by atoms with E-state index in [9.17, 15) is 0 Å². The second-order valence-corrected chi connectivity index (χ2v) is 5.59. The van der Waals surface area contributed by atoms with Gasteiger partial charge in [-0.15, -0.1) is 0 Å². The molecule has 4 nitrogen and oxygen atoms in total. The molecule has 1 unspecified atom stereocenters. The number of H-pyrrole nitrogens is 1. The molecule has 4 heteroatoms. The highest BCUT2D eigenvalue weighted by atomic mass is 16.5. The van der Waals surface area contributed by atoms with Crippen molar-refractivity contribution in [2.75, 3.05) is 5.73 Å². The summed E-state index contributed by atoms with van der Waals surface area (Å²) in [5, 5.41) is 7.41. The first-order valence-corrected chi connectivity index (χ1v) is 7.82. The number of aromatic amines is 1. The molecule has 0 aliphatic carbocycles. The molecule has 118 valence electrons. The first-order valence-electron chi connectivity index (χ1n) is 7.82. The summed E-state index contributed by atoms with van der Waals surface area (Å²) in [6, 6.07) is 17.9. The van der Waals surface area contributed by atoms with E-state index in [4.69, 9.17) is 10.5 Å². The van der Waals surface area contributed by atoms with Gasteiger partial charge in [0, 0.05) is 11.3 Å². The quantitative estimate of drug-likeness (QED) is 0.688. The van der Waals surface area contributed by atoms with Crippen LogP contribution in [0, 0.1) is 0 Å². The highest BCUT2D eigenvalue weighted by Crippen LogP contribution is 2.25. The van der Waals surface area contributed by atoms with Gasteiger partial charge in [-0.25, -0.2) is 0 Å². The van der Waals surface area contributed by atoms with Crippen molar-refractivity contribution >= 4 is 5.69 Å². The smallest absolute Gasteiger partial charge is 0.137 e. The van der Waals surface area contributed by atoms with E-state index in [0.717, 1.165) is 34.8 Å². The Balaban J connectivity index is 1.74. The number of anilines is 1. The molecule has 0 saturated heterocycles. The maximum atomic E-state index is 5.98. The van der Waals surface area contributed by atoms with Crippen LogP contribution < -0.4 is 10.5 Å². The number of nitrogens with one attached hydrogen (secondary N) is 1. The molecular formula is C19H21N3O. The van der Waals surface area contributed by atoms with Crippen molar-refractivity contribution in [3.8, 4) is 17.0 Å². The van der Waals surface area contributed by atoms with Crippen molar-refractivity contribution in [1.82, 2.24) is 10.2 Å². The summed E-state index contributed by atoms with van der Waals surface area (Å²) in [7, 11) is 0. The van der Waals surface area contributed by atoms with Crippen LogP contribution in [0.1, 0.15) is 31.2 Å². The van der Waals surface area contributed by atoms with Gasteiger partial charge < -0.3 is 10.5 Å². The average molecular weight is 307 g/mol. The zero-order valence-corrected chi connectivity index (χ0v) is 13.4. The number of hydrogen-bond donors (Lipinski definition) is 2. The van der Waals surface area contributed by atoms with Gasteiger partial charge in [0.2, 0.25) is 0 Å². The number of hydrogen-bond acceptors (Lipinski definition) is 3. The molecular weight excluding hydrogens is 286 g/mol. The summed E-state index contributed by atoms with van der Waals surface area (Å²) < 4.78 is 5.98. The monoisotopic (exact) mass is 307 g/mol. The lowest BCUT2D eigenvalue weighted by Crippen LogP contribution is -2.03. The normalized spacial score (nSPS) is 12.1. The largest absolute Gasteiger partial charge is 0.484 e. The fourth-order valence-corrected chi connectivity index (χ4v) is 2.46. The van der Waals surface area contributed by atoms with Crippen LogP contribution in [0.3, 0.4) is 0 Å². The second kappa shape index (κ2) is 6.57. The second-order valence-electron chi connectivity index (χ2n) is 5.59. The van der Waals surface area contributed by atoms with Gasteiger partial charge in [0.25, 0.3) is 0 Å². The molecule has 0 radical (unpaired) electrons. The molecule has 0 saturated carbocycles. The minimum atomic E-state index is -0.107. The van der Waals surface area contributed by atoms with Crippen LogP contribution in [0.5, 0.6) is 5.75 Å². The van der Waals surface area contributed by atoms with E-state index in [2.05, 4.69) is 29.3 Å². The van der Waals surface area contributed by atoms with Crippen molar-refractivity contribution < 1.29 is 4.74 Å². The van der Waals surface area contributed by atoms with Gasteiger partial charge in [-0.1, -0.05) is 31.2 Å². The van der Waals surface area contributed by atoms with Crippen molar-refractivity contribution in [2.24, 2.45) is 0 Å². The third-order valence-electron chi connectivity index (χ3n) is 3.86. The van der Waals surface area contributed by atoms with E-state index in [-0.39, 0.29) is 6.10 Å². The third kappa shape index (κ3) is 3.54. The molecule has 0 aliphatic heterocycles. The van der Waals surface area contributed by atoms with Crippen molar-refractivity contribution in [3.63, 3.8) is 0 Å². The Morgan fingerprint density at radius 2 is 1.91 bits per heavy atom. The van der Waals surface area contributed by atoms with Crippen LogP contribution in [0.25, 0.3) is 11.3 Å². The van der Waals surface area contributed by atoms with Crippen LogP contribution in [0.15, 0.2) is 54.6 Å². The minimum absolute atomic E-state index is 0.107. The van der Waals surface area contributed by atoms with Crippen LogP contribution in [0.2, 0.25) is 0 Å². The minimum Gasteiger partial charge on any atom is -0.484 e. The van der Waals surface area contributed by atoms with Gasteiger partial charge >= 0.3 is 0 Å². The molecule has 3 rings (SSSR count). The van der Waals surface area contributed by atoms with Crippen LogP contribution in [0.4, 0.5) is 5.69 Å². The Labute approximate surface area is 136 Å². The lowest BCUT2D eigenvalue weighted by molar-refractivity contribution is 0.222. The molecule has 1 atom stereocenters. The summed E-state index contributed by atoms with van der Waals surface area (Å²) in [5.74, 6) is 0.856. The van der Waals surface area contributed by atoms with E-state index in [0.29, 0.717) is 0 Å². The average Bonchev–Trinajstić information content (AvgIpc) is 3.06. The molecule has 3 N–H and O–H groups in total. The summed E-state index contributed by atoms with van der Waals surface area (Å²) in [6.07, 6.45) is 0.921. The predicted molar refractivity (Wildman–Crippen MR) is 93.3 cm³/mol. The number of rotatable bonds is 5. The maximum Gasteiger partial charge on any atom is 0.137 e.